The van der Waals surface area contributed by atoms with E-state index in [2.05, 4.69) is 5.32 Å². The summed E-state index contributed by atoms with van der Waals surface area (Å²) in [5, 5.41) is 3.31. The SMILES string of the molecule is CCc1ccc(C(=O)N(CC)CC(=O)Nc2c(Cl)cccc2Cl)o1. The molecule has 2 amide bonds. The smallest absolute Gasteiger partial charge is 0.290 e. The standard InChI is InChI=1S/C17H18Cl2N2O3/c1-3-11-8-9-14(24-11)17(23)21(4-2)10-15(22)20-16-12(18)6-5-7-13(16)19/h5-9H,3-4,10H2,1-2H3,(H,20,22). The number of carbonyl (C=O) groups is 2. The number of benzene rings is 1. The summed E-state index contributed by atoms with van der Waals surface area (Å²) in [5.41, 5.74) is 0.334. The van der Waals surface area contributed by atoms with Crippen LogP contribution < -0.4 is 5.32 Å². The lowest BCUT2D eigenvalue weighted by atomic mass is 10.3. The summed E-state index contributed by atoms with van der Waals surface area (Å²) in [4.78, 5) is 26.0. The van der Waals surface area contributed by atoms with Crippen molar-refractivity contribution >= 4 is 40.7 Å². The fourth-order valence-corrected chi connectivity index (χ4v) is 2.63. The average molecular weight is 369 g/mol. The van der Waals surface area contributed by atoms with Crippen molar-refractivity contribution in [3.8, 4) is 0 Å². The van der Waals surface area contributed by atoms with Crippen LogP contribution >= 0.6 is 23.2 Å². The number of hydrogen-bond donors (Lipinski definition) is 1. The Morgan fingerprint density at radius 3 is 2.33 bits per heavy atom. The molecule has 0 bridgehead atoms. The second-order valence-corrected chi connectivity index (χ2v) is 5.90. The maximum atomic E-state index is 12.4. The van der Waals surface area contributed by atoms with Gasteiger partial charge in [-0.25, -0.2) is 0 Å². The van der Waals surface area contributed by atoms with Gasteiger partial charge in [-0.3, -0.25) is 9.59 Å². The summed E-state index contributed by atoms with van der Waals surface area (Å²) in [6.45, 7) is 3.96. The molecule has 5 nitrogen and oxygen atoms in total. The second-order valence-electron chi connectivity index (χ2n) is 5.08. The molecule has 2 aromatic rings. The first-order valence-corrected chi connectivity index (χ1v) is 8.33. The van der Waals surface area contributed by atoms with Crippen LogP contribution in [0, 0.1) is 0 Å². The molecule has 0 aliphatic carbocycles. The predicted octanol–water partition coefficient (Wildman–Crippen LogP) is 4.25. The zero-order chi connectivity index (χ0) is 17.7. The van der Waals surface area contributed by atoms with E-state index in [9.17, 15) is 9.59 Å². The fourth-order valence-electron chi connectivity index (χ4n) is 2.14. The molecule has 0 atom stereocenters. The minimum atomic E-state index is -0.387. The highest BCUT2D eigenvalue weighted by Crippen LogP contribution is 2.29. The van der Waals surface area contributed by atoms with Gasteiger partial charge in [0, 0.05) is 13.0 Å². The van der Waals surface area contributed by atoms with E-state index in [1.54, 1.807) is 37.3 Å². The van der Waals surface area contributed by atoms with E-state index >= 15 is 0 Å². The highest BCUT2D eigenvalue weighted by atomic mass is 35.5. The maximum absolute atomic E-state index is 12.4. The van der Waals surface area contributed by atoms with Gasteiger partial charge in [0.1, 0.15) is 12.3 Å². The molecule has 0 unspecified atom stereocenters. The third-order valence-electron chi connectivity index (χ3n) is 3.45. The molecule has 1 N–H and O–H groups in total. The largest absolute Gasteiger partial charge is 0.456 e. The summed E-state index contributed by atoms with van der Waals surface area (Å²) < 4.78 is 5.45. The maximum Gasteiger partial charge on any atom is 0.290 e. The number of furan rings is 1. The number of aryl methyl sites for hydroxylation is 1. The molecule has 0 aliphatic rings. The van der Waals surface area contributed by atoms with E-state index in [1.807, 2.05) is 6.92 Å². The van der Waals surface area contributed by atoms with Crippen LogP contribution in [0.15, 0.2) is 34.7 Å². The average Bonchev–Trinajstić information content (AvgIpc) is 3.04. The highest BCUT2D eigenvalue weighted by Gasteiger charge is 2.21. The lowest BCUT2D eigenvalue weighted by Crippen LogP contribution is -2.37. The Morgan fingerprint density at radius 2 is 1.79 bits per heavy atom. The number of hydrogen-bond acceptors (Lipinski definition) is 3. The zero-order valence-corrected chi connectivity index (χ0v) is 14.9. The van der Waals surface area contributed by atoms with Gasteiger partial charge in [-0.05, 0) is 31.2 Å². The molecule has 0 radical (unpaired) electrons. The molecule has 7 heteroatoms. The number of carbonyl (C=O) groups excluding carboxylic acids is 2. The van der Waals surface area contributed by atoms with Gasteiger partial charge in [-0.2, -0.15) is 0 Å². The molecule has 0 saturated heterocycles. The van der Waals surface area contributed by atoms with Gasteiger partial charge in [0.15, 0.2) is 5.76 Å². The molecule has 0 aliphatic heterocycles. The first kappa shape index (κ1) is 18.4. The zero-order valence-electron chi connectivity index (χ0n) is 13.4. The number of nitrogens with one attached hydrogen (secondary N) is 1. The lowest BCUT2D eigenvalue weighted by molar-refractivity contribution is -0.116. The van der Waals surface area contributed by atoms with E-state index in [1.165, 1.54) is 4.90 Å². The monoisotopic (exact) mass is 368 g/mol. The Bertz CT molecular complexity index is 723. The molecule has 1 aromatic heterocycles. The Balaban J connectivity index is 2.06. The van der Waals surface area contributed by atoms with Crippen LogP contribution in [0.2, 0.25) is 10.0 Å². The minimum Gasteiger partial charge on any atom is -0.456 e. The lowest BCUT2D eigenvalue weighted by Gasteiger charge is -2.19. The minimum absolute atomic E-state index is 0.126. The van der Waals surface area contributed by atoms with Crippen LogP contribution in [0.4, 0.5) is 5.69 Å². The number of para-hydroxylation sites is 1. The van der Waals surface area contributed by atoms with Crippen LogP contribution in [0.3, 0.4) is 0 Å². The van der Waals surface area contributed by atoms with Gasteiger partial charge < -0.3 is 14.6 Å². The van der Waals surface area contributed by atoms with Crippen molar-refractivity contribution in [3.63, 3.8) is 0 Å². The van der Waals surface area contributed by atoms with E-state index in [-0.39, 0.29) is 24.1 Å². The summed E-state index contributed by atoms with van der Waals surface area (Å²) in [6, 6.07) is 8.31. The van der Waals surface area contributed by atoms with Crippen molar-refractivity contribution in [1.82, 2.24) is 4.90 Å². The Kier molecular flexibility index (Phi) is 6.29. The topological polar surface area (TPSA) is 62.6 Å². The quantitative estimate of drug-likeness (QED) is 0.828. The van der Waals surface area contributed by atoms with Crippen LogP contribution in [-0.4, -0.2) is 29.8 Å². The second kappa shape index (κ2) is 8.22. The number of halogens is 2. The van der Waals surface area contributed by atoms with Crippen molar-refractivity contribution in [1.29, 1.82) is 0 Å². The number of amides is 2. The summed E-state index contributed by atoms with van der Waals surface area (Å²) >= 11 is 12.1. The number of likely N-dealkylation sites (N-methyl/N-ethyl adjacent to an activating group) is 1. The van der Waals surface area contributed by atoms with Crippen LogP contribution in [0.1, 0.15) is 30.2 Å². The third-order valence-corrected chi connectivity index (χ3v) is 4.08. The summed E-state index contributed by atoms with van der Waals surface area (Å²) in [7, 11) is 0. The van der Waals surface area contributed by atoms with Crippen molar-refractivity contribution in [2.45, 2.75) is 20.3 Å². The first-order chi connectivity index (χ1) is 11.5. The number of anilines is 1. The first-order valence-electron chi connectivity index (χ1n) is 7.58. The third kappa shape index (κ3) is 4.30. The van der Waals surface area contributed by atoms with Crippen LogP contribution in [-0.2, 0) is 11.2 Å². The van der Waals surface area contributed by atoms with Crippen molar-refractivity contribution in [2.75, 3.05) is 18.4 Å². The van der Waals surface area contributed by atoms with E-state index in [4.69, 9.17) is 27.6 Å². The van der Waals surface area contributed by atoms with E-state index < -0.39 is 0 Å². The normalized spacial score (nSPS) is 10.5. The molecule has 0 fully saturated rings. The van der Waals surface area contributed by atoms with Crippen molar-refractivity contribution in [2.24, 2.45) is 0 Å². The van der Waals surface area contributed by atoms with Crippen LogP contribution in [0.25, 0.3) is 0 Å². The molecular formula is C17H18Cl2N2O3. The fraction of sp³-hybridized carbons (Fsp3) is 0.294. The van der Waals surface area contributed by atoms with Crippen LogP contribution in [0.5, 0.6) is 0 Å². The van der Waals surface area contributed by atoms with Gasteiger partial charge in [-0.15, -0.1) is 0 Å². The molecule has 1 aromatic carbocycles. The Hall–Kier alpha value is -1.98. The molecule has 1 heterocycles. The van der Waals surface area contributed by atoms with E-state index in [0.717, 1.165) is 5.76 Å². The van der Waals surface area contributed by atoms with Gasteiger partial charge in [0.2, 0.25) is 5.91 Å². The molecular weight excluding hydrogens is 351 g/mol. The Morgan fingerprint density at radius 1 is 1.12 bits per heavy atom. The van der Waals surface area contributed by atoms with Gasteiger partial charge in [0.25, 0.3) is 5.91 Å². The molecule has 128 valence electrons. The molecule has 2 rings (SSSR count). The van der Waals surface area contributed by atoms with Crippen molar-refractivity contribution in [3.05, 3.63) is 51.9 Å². The molecule has 0 spiro atoms. The summed E-state index contributed by atoms with van der Waals surface area (Å²) in [6.07, 6.45) is 0.699. The summed E-state index contributed by atoms with van der Waals surface area (Å²) in [5.74, 6) is 0.221. The van der Waals surface area contributed by atoms with E-state index in [0.29, 0.717) is 28.7 Å². The van der Waals surface area contributed by atoms with Gasteiger partial charge >= 0.3 is 0 Å². The Labute approximate surface area is 150 Å². The predicted molar refractivity (Wildman–Crippen MR) is 94.8 cm³/mol. The highest BCUT2D eigenvalue weighted by molar-refractivity contribution is 6.39. The van der Waals surface area contributed by atoms with Gasteiger partial charge in [-0.1, -0.05) is 36.2 Å². The number of rotatable bonds is 6. The molecule has 0 saturated carbocycles. The molecule has 24 heavy (non-hydrogen) atoms. The van der Waals surface area contributed by atoms with Crippen molar-refractivity contribution < 1.29 is 14.0 Å². The number of nitrogens with zero attached hydrogens (tertiary/aromatic N) is 1. The van der Waals surface area contributed by atoms with Gasteiger partial charge in [0.05, 0.1) is 15.7 Å².